The van der Waals surface area contributed by atoms with Crippen LogP contribution in [-0.4, -0.2) is 40.3 Å². The summed E-state index contributed by atoms with van der Waals surface area (Å²) >= 11 is 0. The lowest BCUT2D eigenvalue weighted by molar-refractivity contribution is 0.0827. The van der Waals surface area contributed by atoms with Gasteiger partial charge in [0.05, 0.1) is 5.69 Å². The summed E-state index contributed by atoms with van der Waals surface area (Å²) in [6.07, 6.45) is 4.14. The molecule has 0 unspecified atom stereocenters. The van der Waals surface area contributed by atoms with Gasteiger partial charge in [-0.2, -0.15) is 5.10 Å². The van der Waals surface area contributed by atoms with Crippen molar-refractivity contribution >= 4 is 23.2 Å². The van der Waals surface area contributed by atoms with Crippen LogP contribution in [0.15, 0.2) is 64.8 Å². The van der Waals surface area contributed by atoms with Crippen molar-refractivity contribution in [3.8, 4) is 5.69 Å². The standard InChI is InChI=1S/C22H24FN7O2/c1-29(2)21(31)15-6-9-17(23)18(13-15)27-20-22(32)30(12-11-26-20)16-7-3-14(4-8-16)5-10-19(24)28-25/h3-4,6-9,11-13H,5,10,25H2,1-2H3,(H2,24,28)(H,26,27). The number of amidine groups is 1. The van der Waals surface area contributed by atoms with Gasteiger partial charge in [-0.25, -0.2) is 9.37 Å². The highest BCUT2D eigenvalue weighted by Gasteiger charge is 2.14. The van der Waals surface area contributed by atoms with E-state index < -0.39 is 11.4 Å². The second-order valence-corrected chi connectivity index (χ2v) is 7.26. The maximum Gasteiger partial charge on any atom is 0.298 e. The van der Waals surface area contributed by atoms with E-state index in [-0.39, 0.29) is 23.0 Å². The number of hydrogen-bond donors (Lipinski definition) is 3. The molecule has 5 N–H and O–H groups in total. The lowest BCUT2D eigenvalue weighted by Gasteiger charge is -2.13. The van der Waals surface area contributed by atoms with Crippen LogP contribution in [0.4, 0.5) is 15.9 Å². The smallest absolute Gasteiger partial charge is 0.298 e. The molecule has 9 nitrogen and oxygen atoms in total. The van der Waals surface area contributed by atoms with Gasteiger partial charge in [0.1, 0.15) is 11.7 Å². The number of carbonyl (C=O) groups is 1. The Labute approximate surface area is 184 Å². The van der Waals surface area contributed by atoms with Gasteiger partial charge in [-0.05, 0) is 42.3 Å². The summed E-state index contributed by atoms with van der Waals surface area (Å²) in [5.74, 6) is 4.53. The van der Waals surface area contributed by atoms with Crippen molar-refractivity contribution in [1.82, 2.24) is 14.5 Å². The monoisotopic (exact) mass is 437 g/mol. The topological polar surface area (TPSA) is 132 Å². The van der Waals surface area contributed by atoms with E-state index >= 15 is 0 Å². The van der Waals surface area contributed by atoms with Crippen molar-refractivity contribution in [3.63, 3.8) is 0 Å². The van der Waals surface area contributed by atoms with Crippen LogP contribution in [-0.2, 0) is 6.42 Å². The third kappa shape index (κ3) is 5.09. The van der Waals surface area contributed by atoms with Crippen LogP contribution in [0.2, 0.25) is 0 Å². The van der Waals surface area contributed by atoms with Gasteiger partial charge in [-0.1, -0.05) is 12.1 Å². The first-order valence-electron chi connectivity index (χ1n) is 9.77. The minimum Gasteiger partial charge on any atom is -0.386 e. The molecule has 1 heterocycles. The van der Waals surface area contributed by atoms with Gasteiger partial charge in [-0.15, -0.1) is 0 Å². The number of anilines is 2. The predicted octanol–water partition coefficient (Wildman–Crippen LogP) is 1.98. The van der Waals surface area contributed by atoms with Crippen LogP contribution in [0.25, 0.3) is 5.69 Å². The fourth-order valence-electron chi connectivity index (χ4n) is 3.00. The first-order chi connectivity index (χ1) is 15.3. The fraction of sp³-hybridized carbons (Fsp3) is 0.182. The number of carbonyl (C=O) groups excluding carboxylic acids is 1. The second-order valence-electron chi connectivity index (χ2n) is 7.26. The highest BCUT2D eigenvalue weighted by Crippen LogP contribution is 2.20. The predicted molar refractivity (Wildman–Crippen MR) is 122 cm³/mol. The van der Waals surface area contributed by atoms with E-state index in [1.165, 1.54) is 40.1 Å². The van der Waals surface area contributed by atoms with E-state index in [2.05, 4.69) is 15.4 Å². The summed E-state index contributed by atoms with van der Waals surface area (Å²) in [4.78, 5) is 30.5. The quantitative estimate of drug-likeness (QED) is 0.224. The molecule has 1 amide bonds. The number of aryl methyl sites for hydroxylation is 1. The Morgan fingerprint density at radius 2 is 1.94 bits per heavy atom. The average molecular weight is 437 g/mol. The number of hydrogen-bond acceptors (Lipinski definition) is 6. The Morgan fingerprint density at radius 1 is 1.22 bits per heavy atom. The molecule has 2 aromatic carbocycles. The third-order valence-corrected chi connectivity index (χ3v) is 4.76. The van der Waals surface area contributed by atoms with Crippen LogP contribution < -0.4 is 22.5 Å². The Bertz CT molecular complexity index is 1200. The van der Waals surface area contributed by atoms with E-state index in [9.17, 15) is 14.0 Å². The normalized spacial score (nSPS) is 11.3. The molecule has 0 spiro atoms. The van der Waals surface area contributed by atoms with Crippen molar-refractivity contribution in [2.24, 2.45) is 16.7 Å². The Balaban J connectivity index is 1.86. The number of halogens is 1. The maximum atomic E-state index is 14.3. The lowest BCUT2D eigenvalue weighted by atomic mass is 10.1. The molecule has 32 heavy (non-hydrogen) atoms. The van der Waals surface area contributed by atoms with E-state index in [4.69, 9.17) is 11.6 Å². The van der Waals surface area contributed by atoms with Crippen molar-refractivity contribution in [2.45, 2.75) is 12.8 Å². The van der Waals surface area contributed by atoms with Gasteiger partial charge in [0.2, 0.25) is 0 Å². The summed E-state index contributed by atoms with van der Waals surface area (Å²) in [5, 5.41) is 6.15. The van der Waals surface area contributed by atoms with Crippen LogP contribution in [0.5, 0.6) is 0 Å². The van der Waals surface area contributed by atoms with Crippen LogP contribution in [0, 0.1) is 5.82 Å². The molecule has 0 saturated carbocycles. The number of hydrazone groups is 1. The number of amides is 1. The summed E-state index contributed by atoms with van der Waals surface area (Å²) in [6.45, 7) is 0. The van der Waals surface area contributed by atoms with Crippen molar-refractivity contribution < 1.29 is 9.18 Å². The number of nitrogens with one attached hydrogen (secondary N) is 1. The minimum absolute atomic E-state index is 0.0189. The molecule has 10 heteroatoms. The number of nitrogens with zero attached hydrogens (tertiary/aromatic N) is 4. The molecule has 0 aliphatic rings. The van der Waals surface area contributed by atoms with E-state index in [0.29, 0.717) is 24.4 Å². The van der Waals surface area contributed by atoms with Crippen LogP contribution in [0.1, 0.15) is 22.3 Å². The summed E-state index contributed by atoms with van der Waals surface area (Å²) in [7, 11) is 3.20. The molecule has 0 aliphatic heterocycles. The Kier molecular flexibility index (Phi) is 6.83. The summed E-state index contributed by atoms with van der Waals surface area (Å²) < 4.78 is 15.7. The van der Waals surface area contributed by atoms with Gasteiger partial charge < -0.3 is 21.8 Å². The van der Waals surface area contributed by atoms with E-state index in [1.54, 1.807) is 26.2 Å². The van der Waals surface area contributed by atoms with Gasteiger partial charge in [0, 0.05) is 44.2 Å². The molecule has 0 aliphatic carbocycles. The Morgan fingerprint density at radius 3 is 2.59 bits per heavy atom. The van der Waals surface area contributed by atoms with Gasteiger partial charge in [0.25, 0.3) is 11.5 Å². The number of aromatic nitrogens is 2. The molecule has 0 radical (unpaired) electrons. The summed E-state index contributed by atoms with van der Waals surface area (Å²) in [6, 6.07) is 11.2. The molecule has 3 rings (SSSR count). The van der Waals surface area contributed by atoms with Gasteiger partial charge >= 0.3 is 0 Å². The number of nitrogens with two attached hydrogens (primary N) is 2. The van der Waals surface area contributed by atoms with Gasteiger partial charge in [0.15, 0.2) is 5.82 Å². The minimum atomic E-state index is -0.610. The zero-order chi connectivity index (χ0) is 23.3. The summed E-state index contributed by atoms with van der Waals surface area (Å²) in [5.41, 5.74) is 7.02. The molecule has 3 aromatic rings. The molecular formula is C22H24FN7O2. The average Bonchev–Trinajstić information content (AvgIpc) is 2.80. The molecule has 0 fully saturated rings. The van der Waals surface area contributed by atoms with Crippen molar-refractivity contribution in [3.05, 3.63) is 82.2 Å². The van der Waals surface area contributed by atoms with E-state index in [1.807, 2.05) is 12.1 Å². The van der Waals surface area contributed by atoms with Crippen LogP contribution >= 0.6 is 0 Å². The third-order valence-electron chi connectivity index (χ3n) is 4.76. The SMILES string of the molecule is CN(C)C(=O)c1ccc(F)c(Nc2nccn(-c3ccc(CC/C(N)=N/N)cc3)c2=O)c1. The molecular weight excluding hydrogens is 413 g/mol. The molecule has 0 saturated heterocycles. The van der Waals surface area contributed by atoms with E-state index in [0.717, 1.165) is 5.56 Å². The molecule has 0 atom stereocenters. The Hall–Kier alpha value is -4.21. The first-order valence-corrected chi connectivity index (χ1v) is 9.77. The zero-order valence-corrected chi connectivity index (χ0v) is 17.7. The maximum absolute atomic E-state index is 14.3. The van der Waals surface area contributed by atoms with Crippen molar-refractivity contribution in [1.29, 1.82) is 0 Å². The zero-order valence-electron chi connectivity index (χ0n) is 17.7. The molecule has 0 bridgehead atoms. The number of benzene rings is 2. The molecule has 1 aromatic heterocycles. The highest BCUT2D eigenvalue weighted by molar-refractivity contribution is 5.95. The largest absolute Gasteiger partial charge is 0.386 e. The number of rotatable bonds is 7. The highest BCUT2D eigenvalue weighted by atomic mass is 19.1. The molecule has 166 valence electrons. The second kappa shape index (κ2) is 9.73. The van der Waals surface area contributed by atoms with Crippen molar-refractivity contribution in [2.75, 3.05) is 19.4 Å². The van der Waals surface area contributed by atoms with Crippen LogP contribution in [0.3, 0.4) is 0 Å². The lowest BCUT2D eigenvalue weighted by Crippen LogP contribution is -2.23. The first kappa shape index (κ1) is 22.5. The fourth-order valence-corrected chi connectivity index (χ4v) is 3.00. The van der Waals surface area contributed by atoms with Gasteiger partial charge in [-0.3, -0.25) is 14.2 Å².